The van der Waals surface area contributed by atoms with Gasteiger partial charge in [-0.15, -0.1) is 0 Å². The number of carbonyl (C=O) groups excluding carboxylic acids is 1. The molecule has 4 rings (SSSR count). The average Bonchev–Trinajstić information content (AvgIpc) is 3.27. The van der Waals surface area contributed by atoms with Crippen LogP contribution in [0.15, 0.2) is 23.0 Å². The lowest BCUT2D eigenvalue weighted by Crippen LogP contribution is -2.47. The Morgan fingerprint density at radius 2 is 2.18 bits per heavy atom. The molecule has 1 aliphatic carbocycles. The summed E-state index contributed by atoms with van der Waals surface area (Å²) in [5.41, 5.74) is 0.0710. The fourth-order valence-electron chi connectivity index (χ4n) is 3.60. The SMILES string of the molecule is O=C(N[C@@H]1C[C@H]2CO[C@@H](C3CC3)CN2C1)c1cccc(=O)[nH]1. The van der Waals surface area contributed by atoms with Gasteiger partial charge in [-0.1, -0.05) is 6.07 Å². The zero-order valence-electron chi connectivity index (χ0n) is 12.5. The maximum Gasteiger partial charge on any atom is 0.268 e. The molecule has 118 valence electrons. The van der Waals surface area contributed by atoms with E-state index in [0.717, 1.165) is 32.0 Å². The van der Waals surface area contributed by atoms with Crippen LogP contribution in [-0.4, -0.2) is 53.7 Å². The standard InChI is InChI=1S/C16H21N3O3/c20-15-3-1-2-13(18-15)16(21)17-11-6-12-9-22-14(10-4-5-10)8-19(12)7-11/h1-3,10-12,14H,4-9H2,(H,17,21)(H,18,20)/t11-,12+,14-/m1/s1. The molecule has 22 heavy (non-hydrogen) atoms. The summed E-state index contributed by atoms with van der Waals surface area (Å²) in [6, 6.07) is 5.17. The van der Waals surface area contributed by atoms with Gasteiger partial charge < -0.3 is 15.0 Å². The van der Waals surface area contributed by atoms with Gasteiger partial charge in [0.2, 0.25) is 5.56 Å². The van der Waals surface area contributed by atoms with Gasteiger partial charge in [-0.2, -0.15) is 0 Å². The van der Waals surface area contributed by atoms with Crippen LogP contribution in [0.2, 0.25) is 0 Å². The van der Waals surface area contributed by atoms with Gasteiger partial charge in [-0.25, -0.2) is 0 Å². The quantitative estimate of drug-likeness (QED) is 0.845. The van der Waals surface area contributed by atoms with Crippen molar-refractivity contribution in [2.24, 2.45) is 5.92 Å². The Labute approximate surface area is 128 Å². The van der Waals surface area contributed by atoms with E-state index < -0.39 is 0 Å². The third-order valence-electron chi connectivity index (χ3n) is 4.94. The highest BCUT2D eigenvalue weighted by atomic mass is 16.5. The monoisotopic (exact) mass is 303 g/mol. The van der Waals surface area contributed by atoms with Crippen LogP contribution in [0.3, 0.4) is 0 Å². The summed E-state index contributed by atoms with van der Waals surface area (Å²) in [5, 5.41) is 3.03. The minimum absolute atomic E-state index is 0.128. The summed E-state index contributed by atoms with van der Waals surface area (Å²) in [4.78, 5) is 28.5. The van der Waals surface area contributed by atoms with Crippen molar-refractivity contribution in [1.82, 2.24) is 15.2 Å². The summed E-state index contributed by atoms with van der Waals surface area (Å²) in [7, 11) is 0. The first-order valence-corrected chi connectivity index (χ1v) is 8.05. The van der Waals surface area contributed by atoms with E-state index in [9.17, 15) is 9.59 Å². The van der Waals surface area contributed by atoms with Crippen LogP contribution in [0, 0.1) is 5.92 Å². The molecular weight excluding hydrogens is 282 g/mol. The molecule has 1 saturated carbocycles. The van der Waals surface area contributed by atoms with Gasteiger partial charge in [0.25, 0.3) is 5.91 Å². The molecular formula is C16H21N3O3. The maximum atomic E-state index is 12.2. The van der Waals surface area contributed by atoms with E-state index in [2.05, 4.69) is 15.2 Å². The van der Waals surface area contributed by atoms with Crippen LogP contribution >= 0.6 is 0 Å². The minimum Gasteiger partial charge on any atom is -0.375 e. The Morgan fingerprint density at radius 1 is 1.32 bits per heavy atom. The molecule has 1 amide bonds. The molecule has 0 aromatic carbocycles. The molecule has 3 aliphatic rings. The molecule has 0 unspecified atom stereocenters. The number of carbonyl (C=O) groups is 1. The lowest BCUT2D eigenvalue weighted by atomic mass is 10.1. The van der Waals surface area contributed by atoms with Crippen LogP contribution in [-0.2, 0) is 4.74 Å². The van der Waals surface area contributed by atoms with Gasteiger partial charge in [0.1, 0.15) is 5.69 Å². The topological polar surface area (TPSA) is 74.4 Å². The first-order chi connectivity index (χ1) is 10.7. The van der Waals surface area contributed by atoms with Crippen molar-refractivity contribution in [3.8, 4) is 0 Å². The number of amides is 1. The number of ether oxygens (including phenoxy) is 1. The van der Waals surface area contributed by atoms with Gasteiger partial charge in [0.15, 0.2) is 0 Å². The summed E-state index contributed by atoms with van der Waals surface area (Å²) in [6.07, 6.45) is 3.89. The molecule has 2 saturated heterocycles. The second-order valence-electron chi connectivity index (χ2n) is 6.65. The minimum atomic E-state index is -0.253. The molecule has 0 bridgehead atoms. The van der Waals surface area contributed by atoms with E-state index in [1.807, 2.05) is 0 Å². The fraction of sp³-hybridized carbons (Fsp3) is 0.625. The summed E-state index contributed by atoms with van der Waals surface area (Å²) in [5.74, 6) is 0.547. The number of aromatic nitrogens is 1. The van der Waals surface area contributed by atoms with Crippen LogP contribution in [0.1, 0.15) is 29.8 Å². The van der Waals surface area contributed by atoms with Crippen LogP contribution in [0.25, 0.3) is 0 Å². The molecule has 6 heteroatoms. The van der Waals surface area contributed by atoms with Crippen molar-refractivity contribution in [2.45, 2.75) is 37.5 Å². The second-order valence-corrected chi connectivity index (χ2v) is 6.65. The second kappa shape index (κ2) is 5.52. The zero-order chi connectivity index (χ0) is 15.1. The van der Waals surface area contributed by atoms with E-state index in [4.69, 9.17) is 4.74 Å². The largest absolute Gasteiger partial charge is 0.375 e. The number of nitrogens with zero attached hydrogens (tertiary/aromatic N) is 1. The summed E-state index contributed by atoms with van der Waals surface area (Å²) in [6.45, 7) is 2.64. The molecule has 3 fully saturated rings. The van der Waals surface area contributed by atoms with Crippen LogP contribution < -0.4 is 10.9 Å². The van der Waals surface area contributed by atoms with E-state index in [-0.39, 0.29) is 17.5 Å². The number of morpholine rings is 1. The van der Waals surface area contributed by atoms with Crippen molar-refractivity contribution in [3.05, 3.63) is 34.2 Å². The number of fused-ring (bicyclic) bond motifs is 1. The van der Waals surface area contributed by atoms with Gasteiger partial charge in [0.05, 0.1) is 12.7 Å². The van der Waals surface area contributed by atoms with Crippen molar-refractivity contribution < 1.29 is 9.53 Å². The van der Waals surface area contributed by atoms with E-state index >= 15 is 0 Å². The highest BCUT2D eigenvalue weighted by Crippen LogP contribution is 2.37. The molecule has 3 atom stereocenters. The predicted octanol–water partition coefficient (Wildman–Crippen LogP) is 0.356. The van der Waals surface area contributed by atoms with Gasteiger partial charge >= 0.3 is 0 Å². The molecule has 3 heterocycles. The van der Waals surface area contributed by atoms with Gasteiger partial charge in [-0.3, -0.25) is 14.5 Å². The molecule has 2 N–H and O–H groups in total. The Morgan fingerprint density at radius 3 is 2.95 bits per heavy atom. The number of pyridine rings is 1. The van der Waals surface area contributed by atoms with Crippen molar-refractivity contribution in [3.63, 3.8) is 0 Å². The first kappa shape index (κ1) is 14.0. The maximum absolute atomic E-state index is 12.2. The molecule has 1 aromatic rings. The molecule has 2 aliphatic heterocycles. The van der Waals surface area contributed by atoms with Crippen LogP contribution in [0.5, 0.6) is 0 Å². The number of rotatable bonds is 3. The first-order valence-electron chi connectivity index (χ1n) is 8.05. The molecule has 1 aromatic heterocycles. The van der Waals surface area contributed by atoms with Gasteiger partial charge in [0, 0.05) is 31.2 Å². The Bertz CT molecular complexity index is 625. The number of H-pyrrole nitrogens is 1. The predicted molar refractivity (Wildman–Crippen MR) is 80.8 cm³/mol. The van der Waals surface area contributed by atoms with Crippen LogP contribution in [0.4, 0.5) is 0 Å². The zero-order valence-corrected chi connectivity index (χ0v) is 12.5. The number of hydrogen-bond donors (Lipinski definition) is 2. The highest BCUT2D eigenvalue weighted by molar-refractivity contribution is 5.92. The van der Waals surface area contributed by atoms with E-state index in [1.54, 1.807) is 12.1 Å². The van der Waals surface area contributed by atoms with Crippen molar-refractivity contribution in [2.75, 3.05) is 19.7 Å². The summed E-state index contributed by atoms with van der Waals surface area (Å²) >= 11 is 0. The lowest BCUT2D eigenvalue weighted by molar-refractivity contribution is -0.0581. The highest BCUT2D eigenvalue weighted by Gasteiger charge is 2.42. The lowest BCUT2D eigenvalue weighted by Gasteiger charge is -2.35. The Balaban J connectivity index is 1.36. The van der Waals surface area contributed by atoms with E-state index in [0.29, 0.717) is 17.8 Å². The molecule has 0 radical (unpaired) electrons. The third-order valence-corrected chi connectivity index (χ3v) is 4.94. The fourth-order valence-corrected chi connectivity index (χ4v) is 3.60. The van der Waals surface area contributed by atoms with Crippen molar-refractivity contribution in [1.29, 1.82) is 0 Å². The van der Waals surface area contributed by atoms with E-state index in [1.165, 1.54) is 18.9 Å². The Kier molecular flexibility index (Phi) is 3.50. The van der Waals surface area contributed by atoms with Crippen molar-refractivity contribution >= 4 is 5.91 Å². The third kappa shape index (κ3) is 2.80. The average molecular weight is 303 g/mol. The molecule has 0 spiro atoms. The molecule has 6 nitrogen and oxygen atoms in total. The Hall–Kier alpha value is -1.66. The summed E-state index contributed by atoms with van der Waals surface area (Å²) < 4.78 is 5.97. The number of aromatic amines is 1. The normalized spacial score (nSPS) is 31.7. The smallest absolute Gasteiger partial charge is 0.268 e. The number of nitrogens with one attached hydrogen (secondary N) is 2. The van der Waals surface area contributed by atoms with Gasteiger partial charge in [-0.05, 0) is 31.2 Å². The number of hydrogen-bond acceptors (Lipinski definition) is 4.